The maximum absolute atomic E-state index is 14.6. The highest BCUT2D eigenvalue weighted by Gasteiger charge is 2.30. The highest BCUT2D eigenvalue weighted by Crippen LogP contribution is 2.38. The predicted molar refractivity (Wildman–Crippen MR) is 134 cm³/mol. The molecule has 38 heavy (non-hydrogen) atoms. The van der Waals surface area contributed by atoms with Crippen molar-refractivity contribution in [3.8, 4) is 0 Å². The molecule has 0 N–H and O–H groups in total. The zero-order chi connectivity index (χ0) is 26.4. The van der Waals surface area contributed by atoms with Gasteiger partial charge in [-0.05, 0) is 56.2 Å². The lowest BCUT2D eigenvalue weighted by molar-refractivity contribution is 0.0517. The summed E-state index contributed by atoms with van der Waals surface area (Å²) < 4.78 is 36.9. The molecule has 0 saturated carbocycles. The second kappa shape index (κ2) is 9.55. The summed E-state index contributed by atoms with van der Waals surface area (Å²) in [6, 6.07) is 8.66. The number of ether oxygens (including phenoxy) is 1. The largest absolute Gasteiger partial charge is 0.461 e. The summed E-state index contributed by atoms with van der Waals surface area (Å²) in [6.07, 6.45) is 4.86. The number of carbonyl (C=O) groups is 2. The normalized spacial score (nSPS) is 17.2. The molecule has 6 rings (SSSR count). The summed E-state index contributed by atoms with van der Waals surface area (Å²) in [5, 5.41) is 8.67. The number of fused-ring (bicyclic) bond motifs is 2. The van der Waals surface area contributed by atoms with Gasteiger partial charge in [0.15, 0.2) is 5.69 Å². The lowest BCUT2D eigenvalue weighted by Crippen LogP contribution is -2.38. The van der Waals surface area contributed by atoms with E-state index in [0.717, 1.165) is 23.9 Å². The van der Waals surface area contributed by atoms with E-state index in [1.54, 1.807) is 39.5 Å². The van der Waals surface area contributed by atoms with Crippen LogP contribution in [0.3, 0.4) is 0 Å². The Morgan fingerprint density at radius 3 is 2.82 bits per heavy atom. The van der Waals surface area contributed by atoms with Gasteiger partial charge >= 0.3 is 5.97 Å². The van der Waals surface area contributed by atoms with Crippen LogP contribution in [0.4, 0.5) is 14.5 Å². The molecule has 0 bridgehead atoms. The van der Waals surface area contributed by atoms with Crippen molar-refractivity contribution in [3.63, 3.8) is 0 Å². The van der Waals surface area contributed by atoms with Crippen molar-refractivity contribution in [2.24, 2.45) is 0 Å². The second-order valence-corrected chi connectivity index (χ2v) is 9.48. The summed E-state index contributed by atoms with van der Waals surface area (Å²) in [5.41, 5.74) is 3.20. The van der Waals surface area contributed by atoms with Gasteiger partial charge in [0.05, 0.1) is 48.7 Å². The minimum atomic E-state index is -0.485. The fourth-order valence-corrected chi connectivity index (χ4v) is 5.40. The molecular weight excluding hydrogens is 494 g/mol. The van der Waals surface area contributed by atoms with Gasteiger partial charge < -0.3 is 14.5 Å². The van der Waals surface area contributed by atoms with Gasteiger partial charge in [0.25, 0.3) is 5.91 Å². The Morgan fingerprint density at radius 1 is 1.11 bits per heavy atom. The molecule has 1 atom stereocenters. The number of carbonyl (C=O) groups excluding carboxylic acids is 2. The molecule has 0 spiro atoms. The average molecular weight is 521 g/mol. The van der Waals surface area contributed by atoms with E-state index >= 15 is 0 Å². The summed E-state index contributed by atoms with van der Waals surface area (Å²) in [6.45, 7) is 3.87. The first-order chi connectivity index (χ1) is 18.4. The first kappa shape index (κ1) is 24.1. The molecule has 11 heteroatoms. The summed E-state index contributed by atoms with van der Waals surface area (Å²) in [7, 11) is 0. The van der Waals surface area contributed by atoms with E-state index in [2.05, 4.69) is 15.1 Å². The first-order valence-corrected chi connectivity index (χ1v) is 12.6. The zero-order valence-corrected chi connectivity index (χ0v) is 20.8. The van der Waals surface area contributed by atoms with E-state index in [1.807, 2.05) is 12.1 Å². The van der Waals surface area contributed by atoms with Gasteiger partial charge in [-0.2, -0.15) is 10.2 Å². The fraction of sp³-hybridized carbons (Fsp3) is 0.333. The lowest BCUT2D eigenvalue weighted by Gasteiger charge is -2.28. The quantitative estimate of drug-likeness (QED) is 0.370. The van der Waals surface area contributed by atoms with Crippen molar-refractivity contribution < 1.29 is 23.1 Å². The molecule has 196 valence electrons. The molecule has 0 aliphatic carbocycles. The van der Waals surface area contributed by atoms with Crippen LogP contribution in [0.1, 0.15) is 57.9 Å². The standard InChI is InChI=1S/C27H26F2N6O3/c1-2-38-27(37)23-13-19-16-32(10-11-34(19)31-23)26(36)21-15-30-35-9-7-18(14-25(21)35)33-8-3-4-24(33)20-12-17(28)5-6-22(20)29/h5-7,9,12-15,24H,2-4,8,10-11,16H2,1H3. The zero-order valence-electron chi connectivity index (χ0n) is 20.8. The fourth-order valence-electron chi connectivity index (χ4n) is 5.40. The van der Waals surface area contributed by atoms with E-state index in [1.165, 1.54) is 12.1 Å². The number of pyridine rings is 1. The molecule has 0 radical (unpaired) electrons. The smallest absolute Gasteiger partial charge is 0.358 e. The van der Waals surface area contributed by atoms with Crippen LogP contribution in [0.15, 0.2) is 48.8 Å². The lowest BCUT2D eigenvalue weighted by atomic mass is 10.0. The number of halogens is 2. The van der Waals surface area contributed by atoms with E-state index < -0.39 is 17.6 Å². The molecule has 1 unspecified atom stereocenters. The van der Waals surface area contributed by atoms with Gasteiger partial charge in [-0.3, -0.25) is 9.48 Å². The van der Waals surface area contributed by atoms with Crippen LogP contribution in [-0.2, 0) is 17.8 Å². The Bertz CT molecular complexity index is 1550. The maximum Gasteiger partial charge on any atom is 0.358 e. The topological polar surface area (TPSA) is 85.0 Å². The molecule has 2 aliphatic heterocycles. The number of amides is 1. The molecule has 9 nitrogen and oxygen atoms in total. The van der Waals surface area contributed by atoms with E-state index in [0.29, 0.717) is 49.2 Å². The average Bonchev–Trinajstić information content (AvgIpc) is 3.67. The summed E-state index contributed by atoms with van der Waals surface area (Å²) >= 11 is 0. The Kier molecular flexibility index (Phi) is 6.05. The number of nitrogens with zero attached hydrogens (tertiary/aromatic N) is 6. The molecule has 1 amide bonds. The SMILES string of the molecule is CCOC(=O)c1cc2n(n1)CCN(C(=O)c1cnn3ccc(N4CCCC4c4cc(F)ccc4F)cc13)C2. The third kappa shape index (κ3) is 4.17. The van der Waals surface area contributed by atoms with Crippen LogP contribution in [0.5, 0.6) is 0 Å². The van der Waals surface area contributed by atoms with Crippen molar-refractivity contribution in [1.29, 1.82) is 0 Å². The van der Waals surface area contributed by atoms with Gasteiger partial charge in [0, 0.05) is 30.5 Å². The highest BCUT2D eigenvalue weighted by molar-refractivity contribution is 6.01. The van der Waals surface area contributed by atoms with Crippen LogP contribution in [0.25, 0.3) is 5.52 Å². The van der Waals surface area contributed by atoms with Gasteiger partial charge in [0.2, 0.25) is 0 Å². The first-order valence-electron chi connectivity index (χ1n) is 12.6. The molecule has 5 heterocycles. The summed E-state index contributed by atoms with van der Waals surface area (Å²) in [5.74, 6) is -1.57. The summed E-state index contributed by atoms with van der Waals surface area (Å²) in [4.78, 5) is 29.4. The van der Waals surface area contributed by atoms with Crippen molar-refractivity contribution in [2.45, 2.75) is 38.9 Å². The Hall–Kier alpha value is -4.28. The Labute approximate surface area is 217 Å². The van der Waals surface area contributed by atoms with Crippen molar-refractivity contribution in [2.75, 3.05) is 24.6 Å². The third-order valence-corrected chi connectivity index (χ3v) is 7.21. The van der Waals surface area contributed by atoms with Crippen LogP contribution in [0.2, 0.25) is 0 Å². The van der Waals surface area contributed by atoms with Crippen LogP contribution in [-0.4, -0.2) is 55.9 Å². The highest BCUT2D eigenvalue weighted by atomic mass is 19.1. The van der Waals surface area contributed by atoms with Gasteiger partial charge in [-0.25, -0.2) is 18.1 Å². The minimum Gasteiger partial charge on any atom is -0.461 e. The number of hydrogen-bond donors (Lipinski definition) is 0. The molecule has 4 aromatic rings. The minimum absolute atomic E-state index is 0.184. The van der Waals surface area contributed by atoms with Crippen molar-refractivity contribution in [1.82, 2.24) is 24.3 Å². The third-order valence-electron chi connectivity index (χ3n) is 7.21. The van der Waals surface area contributed by atoms with E-state index in [4.69, 9.17) is 4.74 Å². The van der Waals surface area contributed by atoms with Gasteiger partial charge in [-0.1, -0.05) is 0 Å². The van der Waals surface area contributed by atoms with E-state index in [-0.39, 0.29) is 24.2 Å². The number of hydrogen-bond acceptors (Lipinski definition) is 6. The molecule has 2 aliphatic rings. The Morgan fingerprint density at radius 2 is 1.97 bits per heavy atom. The number of aromatic nitrogens is 4. The number of anilines is 1. The molecule has 1 fully saturated rings. The van der Waals surface area contributed by atoms with Crippen LogP contribution >= 0.6 is 0 Å². The Balaban J connectivity index is 1.27. The number of esters is 1. The van der Waals surface area contributed by atoms with Crippen molar-refractivity contribution >= 4 is 23.1 Å². The number of rotatable bonds is 5. The van der Waals surface area contributed by atoms with Crippen LogP contribution < -0.4 is 4.90 Å². The maximum atomic E-state index is 14.6. The van der Waals surface area contributed by atoms with Gasteiger partial charge in [0.1, 0.15) is 11.6 Å². The number of benzene rings is 1. The van der Waals surface area contributed by atoms with Gasteiger partial charge in [-0.15, -0.1) is 0 Å². The van der Waals surface area contributed by atoms with Crippen molar-refractivity contribution in [3.05, 3.63) is 82.9 Å². The molecule has 1 aromatic carbocycles. The molecule has 3 aromatic heterocycles. The second-order valence-electron chi connectivity index (χ2n) is 9.48. The molecule has 1 saturated heterocycles. The molecular formula is C27H26F2N6O3. The van der Waals surface area contributed by atoms with E-state index in [9.17, 15) is 18.4 Å². The predicted octanol–water partition coefficient (Wildman–Crippen LogP) is 3.98. The monoisotopic (exact) mass is 520 g/mol. The van der Waals surface area contributed by atoms with Crippen LogP contribution in [0, 0.1) is 11.6 Å².